The summed E-state index contributed by atoms with van der Waals surface area (Å²) in [5, 5.41) is 17.4. The van der Waals surface area contributed by atoms with Crippen LogP contribution >= 0.6 is 0 Å². The van der Waals surface area contributed by atoms with Crippen molar-refractivity contribution in [2.24, 2.45) is 5.92 Å². The molecule has 0 saturated heterocycles. The number of rotatable bonds is 7. The lowest BCUT2D eigenvalue weighted by Gasteiger charge is -2.12. The van der Waals surface area contributed by atoms with Crippen molar-refractivity contribution in [3.05, 3.63) is 0 Å². The van der Waals surface area contributed by atoms with Crippen LogP contribution in [-0.4, -0.2) is 36.1 Å². The fourth-order valence-electron chi connectivity index (χ4n) is 1.03. The van der Waals surface area contributed by atoms with Gasteiger partial charge in [0.15, 0.2) is 0 Å². The first-order chi connectivity index (χ1) is 5.70. The maximum absolute atomic E-state index is 8.93. The summed E-state index contributed by atoms with van der Waals surface area (Å²) in [6, 6.07) is 0. The molecule has 0 bridgehead atoms. The van der Waals surface area contributed by atoms with E-state index in [0.717, 1.165) is 12.8 Å². The van der Waals surface area contributed by atoms with E-state index >= 15 is 0 Å². The van der Waals surface area contributed by atoms with Crippen molar-refractivity contribution in [3.8, 4) is 0 Å². The van der Waals surface area contributed by atoms with Crippen LogP contribution in [0.1, 0.15) is 26.7 Å². The van der Waals surface area contributed by atoms with E-state index in [4.69, 9.17) is 14.9 Å². The molecule has 0 saturated carbocycles. The van der Waals surface area contributed by atoms with Gasteiger partial charge in [0.1, 0.15) is 6.10 Å². The van der Waals surface area contributed by atoms with Gasteiger partial charge in [0.25, 0.3) is 0 Å². The van der Waals surface area contributed by atoms with Crippen molar-refractivity contribution in [1.29, 1.82) is 0 Å². The molecule has 0 aromatic heterocycles. The highest BCUT2D eigenvalue weighted by molar-refractivity contribution is 4.52. The lowest BCUT2D eigenvalue weighted by atomic mass is 10.1. The van der Waals surface area contributed by atoms with Crippen molar-refractivity contribution in [2.75, 3.05) is 19.8 Å². The monoisotopic (exact) mass is 176 g/mol. The largest absolute Gasteiger partial charge is 0.394 e. The zero-order chi connectivity index (χ0) is 9.40. The molecule has 0 fully saturated rings. The van der Waals surface area contributed by atoms with Gasteiger partial charge in [-0.3, -0.25) is 0 Å². The topological polar surface area (TPSA) is 49.7 Å². The summed E-state index contributed by atoms with van der Waals surface area (Å²) in [4.78, 5) is 0. The summed E-state index contributed by atoms with van der Waals surface area (Å²) in [7, 11) is 0. The fraction of sp³-hybridized carbons (Fsp3) is 1.00. The van der Waals surface area contributed by atoms with Crippen molar-refractivity contribution in [1.82, 2.24) is 0 Å². The van der Waals surface area contributed by atoms with E-state index in [9.17, 15) is 0 Å². The molecule has 0 amide bonds. The summed E-state index contributed by atoms with van der Waals surface area (Å²) < 4.78 is 5.19. The van der Waals surface area contributed by atoms with Crippen molar-refractivity contribution >= 4 is 0 Å². The molecule has 2 N–H and O–H groups in total. The van der Waals surface area contributed by atoms with E-state index < -0.39 is 6.10 Å². The van der Waals surface area contributed by atoms with Crippen molar-refractivity contribution in [2.45, 2.75) is 32.8 Å². The minimum atomic E-state index is -0.723. The van der Waals surface area contributed by atoms with Crippen LogP contribution in [0, 0.1) is 5.92 Å². The fourth-order valence-corrected chi connectivity index (χ4v) is 1.03. The van der Waals surface area contributed by atoms with Crippen LogP contribution in [0.3, 0.4) is 0 Å². The van der Waals surface area contributed by atoms with Gasteiger partial charge in [-0.25, -0.2) is 0 Å². The highest BCUT2D eigenvalue weighted by Gasteiger charge is 2.04. The molecule has 0 rings (SSSR count). The van der Waals surface area contributed by atoms with Crippen molar-refractivity contribution in [3.63, 3.8) is 0 Å². The Morgan fingerprint density at radius 2 is 2.00 bits per heavy atom. The van der Waals surface area contributed by atoms with Crippen LogP contribution < -0.4 is 0 Å². The van der Waals surface area contributed by atoms with Gasteiger partial charge >= 0.3 is 0 Å². The number of hydrogen-bond donors (Lipinski definition) is 2. The minimum absolute atomic E-state index is 0.220. The van der Waals surface area contributed by atoms with E-state index in [1.807, 2.05) is 0 Å². The SMILES string of the molecule is CCCC(C)COCC(O)CO. The highest BCUT2D eigenvalue weighted by Crippen LogP contribution is 2.04. The van der Waals surface area contributed by atoms with Crippen LogP contribution in [0.2, 0.25) is 0 Å². The van der Waals surface area contributed by atoms with Gasteiger partial charge in [0.2, 0.25) is 0 Å². The normalized spacial score (nSPS) is 16.0. The Kier molecular flexibility index (Phi) is 7.45. The van der Waals surface area contributed by atoms with Gasteiger partial charge < -0.3 is 14.9 Å². The Bertz CT molecular complexity index is 95.8. The molecule has 0 heterocycles. The predicted molar refractivity (Wildman–Crippen MR) is 48.0 cm³/mol. The molecule has 0 spiro atoms. The molecule has 12 heavy (non-hydrogen) atoms. The van der Waals surface area contributed by atoms with Gasteiger partial charge in [-0.05, 0) is 12.3 Å². The third-order valence-electron chi connectivity index (χ3n) is 1.70. The van der Waals surface area contributed by atoms with Gasteiger partial charge in [0.05, 0.1) is 13.2 Å². The average molecular weight is 176 g/mol. The van der Waals surface area contributed by atoms with Crippen LogP contribution in [0.15, 0.2) is 0 Å². The lowest BCUT2D eigenvalue weighted by Crippen LogP contribution is -2.21. The highest BCUT2D eigenvalue weighted by atomic mass is 16.5. The molecular formula is C9H20O3. The molecule has 0 aliphatic carbocycles. The number of aliphatic hydroxyl groups is 2. The van der Waals surface area contributed by atoms with E-state index in [0.29, 0.717) is 12.5 Å². The Balaban J connectivity index is 3.18. The maximum atomic E-state index is 8.93. The zero-order valence-corrected chi connectivity index (χ0v) is 7.99. The standard InChI is InChI=1S/C9H20O3/c1-3-4-8(2)6-12-7-9(11)5-10/h8-11H,3-7H2,1-2H3. The first-order valence-corrected chi connectivity index (χ1v) is 4.57. The summed E-state index contributed by atoms with van der Waals surface area (Å²) in [6.45, 7) is 4.95. The van der Waals surface area contributed by atoms with E-state index in [2.05, 4.69) is 13.8 Å². The summed E-state index contributed by atoms with van der Waals surface area (Å²) in [5.74, 6) is 0.542. The van der Waals surface area contributed by atoms with Crippen LogP contribution in [0.5, 0.6) is 0 Å². The quantitative estimate of drug-likeness (QED) is 0.603. The Labute approximate surface area is 74.4 Å². The minimum Gasteiger partial charge on any atom is -0.394 e. The summed E-state index contributed by atoms with van der Waals surface area (Å²) >= 11 is 0. The Morgan fingerprint density at radius 3 is 2.50 bits per heavy atom. The molecule has 2 unspecified atom stereocenters. The van der Waals surface area contributed by atoms with Gasteiger partial charge in [-0.2, -0.15) is 0 Å². The Hall–Kier alpha value is -0.120. The molecule has 0 aromatic rings. The van der Waals surface area contributed by atoms with Crippen LogP contribution in [0.25, 0.3) is 0 Å². The second-order valence-corrected chi connectivity index (χ2v) is 3.27. The van der Waals surface area contributed by atoms with Crippen LogP contribution in [0.4, 0.5) is 0 Å². The van der Waals surface area contributed by atoms with Gasteiger partial charge in [0, 0.05) is 6.61 Å². The lowest BCUT2D eigenvalue weighted by molar-refractivity contribution is -0.00367. The second-order valence-electron chi connectivity index (χ2n) is 3.27. The first kappa shape index (κ1) is 11.9. The number of hydrogen-bond acceptors (Lipinski definition) is 3. The van der Waals surface area contributed by atoms with Crippen molar-refractivity contribution < 1.29 is 14.9 Å². The second kappa shape index (κ2) is 7.53. The molecule has 0 aliphatic rings. The predicted octanol–water partition coefficient (Wildman–Crippen LogP) is 0.792. The maximum Gasteiger partial charge on any atom is 0.100 e. The van der Waals surface area contributed by atoms with E-state index in [-0.39, 0.29) is 13.2 Å². The average Bonchev–Trinajstić information content (AvgIpc) is 2.04. The summed E-state index contributed by atoms with van der Waals surface area (Å²) in [5.41, 5.74) is 0. The summed E-state index contributed by atoms with van der Waals surface area (Å²) in [6.07, 6.45) is 1.58. The molecule has 74 valence electrons. The zero-order valence-electron chi connectivity index (χ0n) is 7.99. The molecule has 0 radical (unpaired) electrons. The third-order valence-corrected chi connectivity index (χ3v) is 1.70. The molecular weight excluding hydrogens is 156 g/mol. The van der Waals surface area contributed by atoms with Gasteiger partial charge in [-0.15, -0.1) is 0 Å². The molecule has 2 atom stereocenters. The van der Waals surface area contributed by atoms with E-state index in [1.165, 1.54) is 0 Å². The first-order valence-electron chi connectivity index (χ1n) is 4.57. The Morgan fingerprint density at radius 1 is 1.33 bits per heavy atom. The molecule has 3 heteroatoms. The third kappa shape index (κ3) is 6.58. The number of ether oxygens (including phenoxy) is 1. The van der Waals surface area contributed by atoms with Gasteiger partial charge in [-0.1, -0.05) is 20.3 Å². The molecule has 0 aliphatic heterocycles. The smallest absolute Gasteiger partial charge is 0.100 e. The molecule has 3 nitrogen and oxygen atoms in total. The van der Waals surface area contributed by atoms with Crippen LogP contribution in [-0.2, 0) is 4.74 Å². The number of aliphatic hydroxyl groups excluding tert-OH is 2. The molecule has 0 aromatic carbocycles. The van der Waals surface area contributed by atoms with E-state index in [1.54, 1.807) is 0 Å².